The van der Waals surface area contributed by atoms with E-state index in [2.05, 4.69) is 0 Å². The molecule has 44 heavy (non-hydrogen) atoms. The summed E-state index contributed by atoms with van der Waals surface area (Å²) in [5.74, 6) is -1.51. The Morgan fingerprint density at radius 2 is 1.57 bits per heavy atom. The molecule has 0 saturated heterocycles. The van der Waals surface area contributed by atoms with E-state index in [1.54, 1.807) is 6.92 Å². The van der Waals surface area contributed by atoms with E-state index >= 15 is 0 Å². The van der Waals surface area contributed by atoms with Crippen LogP contribution in [0.4, 0.5) is 13.2 Å². The Bertz CT molecular complexity index is 1820. The van der Waals surface area contributed by atoms with Crippen LogP contribution in [-0.4, -0.2) is 23.7 Å². The smallest absolute Gasteiger partial charge is 0.449 e. The number of aryl methyl sites for hydroxylation is 1. The van der Waals surface area contributed by atoms with Crippen molar-refractivity contribution >= 4 is 22.5 Å². The zero-order valence-corrected chi connectivity index (χ0v) is 24.9. The van der Waals surface area contributed by atoms with Gasteiger partial charge in [0.2, 0.25) is 5.76 Å². The van der Waals surface area contributed by atoms with Crippen LogP contribution in [0.15, 0.2) is 101 Å². The van der Waals surface area contributed by atoms with Crippen LogP contribution in [-0.2, 0) is 34.4 Å². The first kappa shape index (κ1) is 30.8. The van der Waals surface area contributed by atoms with E-state index in [0.717, 1.165) is 44.7 Å². The van der Waals surface area contributed by atoms with Gasteiger partial charge in [0.25, 0.3) is 5.91 Å². The Morgan fingerprint density at radius 3 is 2.23 bits per heavy atom. The normalized spacial score (nSPS) is 13.1. The first-order valence-electron chi connectivity index (χ1n) is 14.1. The fraction of sp³-hybridized carbons (Fsp3) is 0.222. The van der Waals surface area contributed by atoms with Crippen molar-refractivity contribution in [1.82, 2.24) is 4.90 Å². The highest BCUT2D eigenvalue weighted by atomic mass is 19.4. The van der Waals surface area contributed by atoms with Crippen molar-refractivity contribution in [1.29, 1.82) is 0 Å². The van der Waals surface area contributed by atoms with E-state index in [1.807, 2.05) is 91.9 Å². The number of ether oxygens (including phenoxy) is 1. The van der Waals surface area contributed by atoms with Gasteiger partial charge in [-0.25, -0.2) is 0 Å². The van der Waals surface area contributed by atoms with Gasteiger partial charge in [0.05, 0.1) is 12.1 Å². The number of hydrogen-bond donors (Lipinski definition) is 0. The summed E-state index contributed by atoms with van der Waals surface area (Å²) < 4.78 is 50.5. The topological polar surface area (TPSA) is 59.8 Å². The number of nitrogens with zero attached hydrogens (tertiary/aromatic N) is 1. The van der Waals surface area contributed by atoms with Crippen molar-refractivity contribution in [2.45, 2.75) is 45.6 Å². The van der Waals surface area contributed by atoms with Gasteiger partial charge in [-0.05, 0) is 77.6 Å². The summed E-state index contributed by atoms with van der Waals surface area (Å²) >= 11 is 0. The van der Waals surface area contributed by atoms with Crippen LogP contribution in [0.25, 0.3) is 21.9 Å². The quantitative estimate of drug-likeness (QED) is 0.170. The molecule has 1 atom stereocenters. The maximum atomic E-state index is 14.1. The molecule has 5 nitrogen and oxygen atoms in total. The molecular formula is C36H32F3NO4. The second-order valence-electron chi connectivity index (χ2n) is 11.0. The second-order valence-corrected chi connectivity index (χ2v) is 11.0. The van der Waals surface area contributed by atoms with Gasteiger partial charge in [-0.2, -0.15) is 13.2 Å². The minimum absolute atomic E-state index is 0.0312. The van der Waals surface area contributed by atoms with Crippen LogP contribution < -0.4 is 0 Å². The fourth-order valence-corrected chi connectivity index (χ4v) is 5.31. The summed E-state index contributed by atoms with van der Waals surface area (Å²) in [6.07, 6.45) is -4.63. The minimum Gasteiger partial charge on any atom is -0.455 e. The summed E-state index contributed by atoms with van der Waals surface area (Å²) in [5, 5.41) is 1.65. The SMILES string of the molecule is COC(C)(C(C)=O)c1cccc(-c2ccc(CN(Cc3ccc(C(F)(F)F)o3)C(=O)c3c(C)ccc4ccccc34)cc2)c1. The zero-order valence-electron chi connectivity index (χ0n) is 24.9. The van der Waals surface area contributed by atoms with Crippen molar-refractivity contribution in [3.63, 3.8) is 0 Å². The van der Waals surface area contributed by atoms with Crippen molar-refractivity contribution in [2.75, 3.05) is 7.11 Å². The Labute approximate surface area is 253 Å². The first-order chi connectivity index (χ1) is 20.9. The van der Waals surface area contributed by atoms with Gasteiger partial charge in [-0.15, -0.1) is 0 Å². The van der Waals surface area contributed by atoms with Crippen LogP contribution >= 0.6 is 0 Å². The van der Waals surface area contributed by atoms with E-state index in [9.17, 15) is 22.8 Å². The van der Waals surface area contributed by atoms with Gasteiger partial charge in [-0.1, -0.05) is 78.9 Å². The molecule has 0 saturated carbocycles. The van der Waals surface area contributed by atoms with Crippen molar-refractivity contribution in [3.8, 4) is 11.1 Å². The molecule has 5 aromatic rings. The summed E-state index contributed by atoms with van der Waals surface area (Å²) in [6, 6.07) is 28.6. The second kappa shape index (κ2) is 12.1. The van der Waals surface area contributed by atoms with Gasteiger partial charge < -0.3 is 14.1 Å². The molecule has 0 spiro atoms. The number of halogens is 3. The molecule has 0 fully saturated rings. The lowest BCUT2D eigenvalue weighted by Crippen LogP contribution is -2.32. The number of amides is 1. The molecule has 8 heteroatoms. The Kier molecular flexibility index (Phi) is 8.48. The van der Waals surface area contributed by atoms with E-state index in [0.29, 0.717) is 5.56 Å². The number of furan rings is 1. The van der Waals surface area contributed by atoms with Gasteiger partial charge in [0.1, 0.15) is 11.4 Å². The number of Topliss-reactive ketones (excluding diaryl/α,β-unsaturated/α-hetero) is 1. The number of methoxy groups -OCH3 is 1. The van der Waals surface area contributed by atoms with Crippen LogP contribution in [0.2, 0.25) is 0 Å². The van der Waals surface area contributed by atoms with E-state index < -0.39 is 17.5 Å². The molecule has 0 aliphatic carbocycles. The average molecular weight is 600 g/mol. The molecule has 0 N–H and O–H groups in total. The molecule has 0 bridgehead atoms. The van der Waals surface area contributed by atoms with E-state index in [1.165, 1.54) is 25.0 Å². The predicted molar refractivity (Wildman–Crippen MR) is 163 cm³/mol. The first-order valence-corrected chi connectivity index (χ1v) is 14.1. The van der Waals surface area contributed by atoms with Crippen LogP contribution in [0.3, 0.4) is 0 Å². The third-order valence-corrected chi connectivity index (χ3v) is 8.08. The van der Waals surface area contributed by atoms with E-state index in [4.69, 9.17) is 9.15 Å². The number of alkyl halides is 3. The fourth-order valence-electron chi connectivity index (χ4n) is 5.31. The molecule has 0 aliphatic rings. The van der Waals surface area contributed by atoms with E-state index in [-0.39, 0.29) is 30.5 Å². The highest BCUT2D eigenvalue weighted by molar-refractivity contribution is 6.08. The Morgan fingerprint density at radius 1 is 0.841 bits per heavy atom. The third kappa shape index (κ3) is 6.17. The lowest BCUT2D eigenvalue weighted by atomic mass is 9.89. The molecule has 226 valence electrons. The van der Waals surface area contributed by atoms with Crippen molar-refractivity contribution < 1.29 is 31.9 Å². The van der Waals surface area contributed by atoms with Gasteiger partial charge in [0.15, 0.2) is 5.78 Å². The van der Waals surface area contributed by atoms with Crippen LogP contribution in [0, 0.1) is 6.92 Å². The molecular weight excluding hydrogens is 567 g/mol. The maximum Gasteiger partial charge on any atom is 0.449 e. The molecule has 4 aromatic carbocycles. The lowest BCUT2D eigenvalue weighted by molar-refractivity contribution is -0.153. The summed E-state index contributed by atoms with van der Waals surface area (Å²) in [6.45, 7) is 5.05. The van der Waals surface area contributed by atoms with Gasteiger partial charge in [-0.3, -0.25) is 9.59 Å². The predicted octanol–water partition coefficient (Wildman–Crippen LogP) is 8.72. The maximum absolute atomic E-state index is 14.1. The number of rotatable bonds is 9. The zero-order chi connectivity index (χ0) is 31.6. The lowest BCUT2D eigenvalue weighted by Gasteiger charge is -2.26. The van der Waals surface area contributed by atoms with Crippen molar-refractivity contribution in [3.05, 3.63) is 131 Å². The molecule has 5 rings (SSSR count). The molecule has 1 unspecified atom stereocenters. The number of benzene rings is 4. The third-order valence-electron chi connectivity index (χ3n) is 8.08. The summed E-state index contributed by atoms with van der Waals surface area (Å²) in [5.41, 5.74) is 3.46. The molecule has 1 heterocycles. The highest BCUT2D eigenvalue weighted by Crippen LogP contribution is 2.33. The largest absolute Gasteiger partial charge is 0.455 e. The standard InChI is InChI=1S/C36H32F3NO4/c1-23-12-15-27-8-5-6-11-31(27)33(23)34(42)40(22-30-18-19-32(44-30)36(37,38)39)21-25-13-16-26(17-14-25)28-9-7-10-29(20-28)35(3,43-4)24(2)41/h5-20H,21-22H2,1-4H3. The number of carbonyl (C=O) groups is 2. The molecule has 0 radical (unpaired) electrons. The van der Waals surface area contributed by atoms with Gasteiger partial charge in [0, 0.05) is 13.7 Å². The molecule has 1 amide bonds. The number of hydrogen-bond acceptors (Lipinski definition) is 4. The van der Waals surface area contributed by atoms with Crippen molar-refractivity contribution in [2.24, 2.45) is 0 Å². The molecule has 1 aromatic heterocycles. The number of fused-ring (bicyclic) bond motifs is 1. The monoisotopic (exact) mass is 599 g/mol. The Hall–Kier alpha value is -4.69. The average Bonchev–Trinajstić information content (AvgIpc) is 3.50. The Balaban J connectivity index is 1.48. The minimum atomic E-state index is -4.63. The number of ketones is 1. The highest BCUT2D eigenvalue weighted by Gasteiger charge is 2.35. The summed E-state index contributed by atoms with van der Waals surface area (Å²) in [4.78, 5) is 27.9. The number of carbonyl (C=O) groups excluding carboxylic acids is 2. The summed E-state index contributed by atoms with van der Waals surface area (Å²) in [7, 11) is 1.50. The van der Waals surface area contributed by atoms with Crippen LogP contribution in [0.5, 0.6) is 0 Å². The molecule has 0 aliphatic heterocycles. The van der Waals surface area contributed by atoms with Crippen LogP contribution in [0.1, 0.15) is 52.4 Å². The van der Waals surface area contributed by atoms with Gasteiger partial charge >= 0.3 is 6.18 Å².